The lowest BCUT2D eigenvalue weighted by Crippen LogP contribution is -2.40. The summed E-state index contributed by atoms with van der Waals surface area (Å²) in [7, 11) is 0. The van der Waals surface area contributed by atoms with Crippen LogP contribution in [0.3, 0.4) is 0 Å². The van der Waals surface area contributed by atoms with Crippen LogP contribution in [0.15, 0.2) is 4.99 Å². The van der Waals surface area contributed by atoms with E-state index in [2.05, 4.69) is 36.3 Å². The normalized spacial score (nSPS) is 17.8. The van der Waals surface area contributed by atoms with Crippen molar-refractivity contribution in [2.75, 3.05) is 39.3 Å². The number of unbranched alkanes of at least 4 members (excludes halogenated alkanes) is 1. The Labute approximate surface area is 172 Å². The predicted molar refractivity (Wildman–Crippen MR) is 119 cm³/mol. The number of nitrogens with zero attached hydrogens (tertiary/aromatic N) is 2. The highest BCUT2D eigenvalue weighted by Gasteiger charge is 2.16. The van der Waals surface area contributed by atoms with Gasteiger partial charge in [0.05, 0.1) is 6.10 Å². The summed E-state index contributed by atoms with van der Waals surface area (Å²) >= 11 is 0. The van der Waals surface area contributed by atoms with Gasteiger partial charge in [-0.2, -0.15) is 0 Å². The molecule has 0 radical (unpaired) electrons. The maximum Gasteiger partial charge on any atom is 0.191 e. The van der Waals surface area contributed by atoms with Crippen molar-refractivity contribution in [2.24, 2.45) is 10.9 Å². The van der Waals surface area contributed by atoms with Crippen LogP contribution < -0.4 is 10.6 Å². The van der Waals surface area contributed by atoms with Crippen molar-refractivity contribution in [3.63, 3.8) is 0 Å². The highest BCUT2D eigenvalue weighted by Crippen LogP contribution is 2.12. The molecule has 0 spiro atoms. The maximum atomic E-state index is 9.55. The van der Waals surface area contributed by atoms with Gasteiger partial charge in [0, 0.05) is 32.7 Å². The van der Waals surface area contributed by atoms with Crippen LogP contribution in [-0.4, -0.2) is 61.3 Å². The molecule has 25 heavy (non-hydrogen) atoms. The number of hydrogen-bond donors (Lipinski definition) is 3. The minimum absolute atomic E-state index is 0. The van der Waals surface area contributed by atoms with Crippen molar-refractivity contribution in [1.29, 1.82) is 0 Å². The molecule has 1 saturated heterocycles. The van der Waals surface area contributed by atoms with Crippen LogP contribution in [0.4, 0.5) is 0 Å². The number of aliphatic imine (C=N–C) groups is 1. The van der Waals surface area contributed by atoms with E-state index >= 15 is 0 Å². The summed E-state index contributed by atoms with van der Waals surface area (Å²) in [5, 5.41) is 16.4. The van der Waals surface area contributed by atoms with Crippen LogP contribution >= 0.6 is 24.0 Å². The van der Waals surface area contributed by atoms with Crippen LogP contribution in [0.5, 0.6) is 0 Å². The van der Waals surface area contributed by atoms with E-state index in [0.29, 0.717) is 5.92 Å². The van der Waals surface area contributed by atoms with Crippen molar-refractivity contribution >= 4 is 29.9 Å². The molecule has 0 amide bonds. The van der Waals surface area contributed by atoms with Crippen LogP contribution in [0.2, 0.25) is 0 Å². The van der Waals surface area contributed by atoms with Gasteiger partial charge in [-0.1, -0.05) is 33.1 Å². The molecule has 1 aliphatic heterocycles. The topological polar surface area (TPSA) is 59.9 Å². The van der Waals surface area contributed by atoms with Crippen LogP contribution in [0, 0.1) is 5.92 Å². The summed E-state index contributed by atoms with van der Waals surface area (Å²) in [6.45, 7) is 12.6. The number of rotatable bonds is 11. The number of hydrogen-bond acceptors (Lipinski definition) is 3. The lowest BCUT2D eigenvalue weighted by atomic mass is 10.00. The number of aliphatic hydroxyl groups is 1. The van der Waals surface area contributed by atoms with Crippen molar-refractivity contribution in [1.82, 2.24) is 15.5 Å². The lowest BCUT2D eigenvalue weighted by molar-refractivity contribution is 0.0823. The zero-order valence-corrected chi connectivity index (χ0v) is 18.9. The van der Waals surface area contributed by atoms with E-state index in [4.69, 9.17) is 4.99 Å². The zero-order chi connectivity index (χ0) is 17.6. The van der Waals surface area contributed by atoms with E-state index in [0.717, 1.165) is 64.5 Å². The fraction of sp³-hybridized carbons (Fsp3) is 0.947. The molecule has 150 valence electrons. The summed E-state index contributed by atoms with van der Waals surface area (Å²) in [4.78, 5) is 7.23. The molecule has 1 atom stereocenters. The van der Waals surface area contributed by atoms with E-state index in [1.807, 2.05) is 0 Å². The van der Waals surface area contributed by atoms with E-state index in [-0.39, 0.29) is 30.1 Å². The standard InChI is InChI=1S/C19H40N4O.HI/c1-4-7-9-17(5-2)16-22-19(20-6-3)21-12-8-13-23-14-10-18(24)11-15-23;/h17-18,24H,4-16H2,1-3H3,(H2,20,21,22);1H. The van der Waals surface area contributed by atoms with Gasteiger partial charge in [-0.15, -0.1) is 24.0 Å². The predicted octanol–water partition coefficient (Wildman–Crippen LogP) is 3.22. The SMILES string of the molecule is CCCCC(CC)CN=C(NCC)NCCCN1CCC(O)CC1.I. The van der Waals surface area contributed by atoms with Gasteiger partial charge in [0.15, 0.2) is 5.96 Å². The molecule has 0 saturated carbocycles. The monoisotopic (exact) mass is 468 g/mol. The fourth-order valence-corrected chi connectivity index (χ4v) is 3.13. The average molecular weight is 468 g/mol. The Morgan fingerprint density at radius 2 is 1.88 bits per heavy atom. The van der Waals surface area contributed by atoms with E-state index in [1.54, 1.807) is 0 Å². The fourth-order valence-electron chi connectivity index (χ4n) is 3.13. The molecule has 1 rings (SSSR count). The Balaban J connectivity index is 0.00000576. The summed E-state index contributed by atoms with van der Waals surface area (Å²) < 4.78 is 0. The zero-order valence-electron chi connectivity index (χ0n) is 16.6. The number of aliphatic hydroxyl groups excluding tert-OH is 1. The average Bonchev–Trinajstić information content (AvgIpc) is 2.60. The molecule has 1 unspecified atom stereocenters. The Hall–Kier alpha value is -0.0800. The van der Waals surface area contributed by atoms with E-state index in [1.165, 1.54) is 25.7 Å². The Bertz CT molecular complexity index is 333. The van der Waals surface area contributed by atoms with Gasteiger partial charge in [-0.05, 0) is 45.1 Å². The number of nitrogens with one attached hydrogen (secondary N) is 2. The largest absolute Gasteiger partial charge is 0.393 e. The maximum absolute atomic E-state index is 9.55. The molecule has 0 aromatic carbocycles. The Kier molecular flexibility index (Phi) is 16.1. The smallest absolute Gasteiger partial charge is 0.191 e. The molecular formula is C19H41IN4O. The lowest BCUT2D eigenvalue weighted by Gasteiger charge is -2.29. The minimum Gasteiger partial charge on any atom is -0.393 e. The quantitative estimate of drug-likeness (QED) is 0.189. The van der Waals surface area contributed by atoms with Crippen molar-refractivity contribution in [3.8, 4) is 0 Å². The van der Waals surface area contributed by atoms with Gasteiger partial charge in [-0.25, -0.2) is 0 Å². The second kappa shape index (κ2) is 16.1. The third-order valence-corrected chi connectivity index (χ3v) is 4.90. The van der Waals surface area contributed by atoms with Crippen LogP contribution in [0.1, 0.15) is 65.7 Å². The Morgan fingerprint density at radius 1 is 1.16 bits per heavy atom. The van der Waals surface area contributed by atoms with E-state index < -0.39 is 0 Å². The Morgan fingerprint density at radius 3 is 2.48 bits per heavy atom. The second-order valence-electron chi connectivity index (χ2n) is 6.99. The molecule has 0 aromatic rings. The van der Waals surface area contributed by atoms with Crippen molar-refractivity contribution in [3.05, 3.63) is 0 Å². The molecule has 0 aliphatic carbocycles. The molecule has 0 aromatic heterocycles. The highest BCUT2D eigenvalue weighted by molar-refractivity contribution is 14.0. The summed E-state index contributed by atoms with van der Waals surface area (Å²) in [6, 6.07) is 0. The molecule has 1 heterocycles. The van der Waals surface area contributed by atoms with Crippen molar-refractivity contribution in [2.45, 2.75) is 71.8 Å². The number of halogens is 1. The van der Waals surface area contributed by atoms with E-state index in [9.17, 15) is 5.11 Å². The minimum atomic E-state index is -0.0777. The first-order chi connectivity index (χ1) is 11.7. The molecule has 1 fully saturated rings. The van der Waals surface area contributed by atoms with Gasteiger partial charge >= 0.3 is 0 Å². The van der Waals surface area contributed by atoms with Gasteiger partial charge in [0.25, 0.3) is 0 Å². The summed E-state index contributed by atoms with van der Waals surface area (Å²) in [5.74, 6) is 1.67. The third kappa shape index (κ3) is 12.0. The van der Waals surface area contributed by atoms with Gasteiger partial charge in [0.1, 0.15) is 0 Å². The molecule has 5 nitrogen and oxygen atoms in total. The highest BCUT2D eigenvalue weighted by atomic mass is 127. The third-order valence-electron chi connectivity index (χ3n) is 4.90. The summed E-state index contributed by atoms with van der Waals surface area (Å²) in [6.07, 6.45) is 7.97. The number of likely N-dealkylation sites (tertiary alicyclic amines) is 1. The van der Waals surface area contributed by atoms with Crippen LogP contribution in [-0.2, 0) is 0 Å². The van der Waals surface area contributed by atoms with Crippen molar-refractivity contribution < 1.29 is 5.11 Å². The molecule has 3 N–H and O–H groups in total. The first kappa shape index (κ1) is 24.9. The number of guanidine groups is 1. The first-order valence-corrected chi connectivity index (χ1v) is 10.1. The molecular weight excluding hydrogens is 427 g/mol. The van der Waals surface area contributed by atoms with Gasteiger partial charge in [0.2, 0.25) is 0 Å². The van der Waals surface area contributed by atoms with Gasteiger partial charge < -0.3 is 20.6 Å². The molecule has 1 aliphatic rings. The first-order valence-electron chi connectivity index (χ1n) is 10.1. The number of piperidine rings is 1. The molecule has 6 heteroatoms. The summed E-state index contributed by atoms with van der Waals surface area (Å²) in [5.41, 5.74) is 0. The van der Waals surface area contributed by atoms with Gasteiger partial charge in [-0.3, -0.25) is 4.99 Å². The second-order valence-corrected chi connectivity index (χ2v) is 6.99. The van der Waals surface area contributed by atoms with Crippen LogP contribution in [0.25, 0.3) is 0 Å². The molecule has 0 bridgehead atoms.